The monoisotopic (exact) mass is 484 g/mol. The van der Waals surface area contributed by atoms with Crippen LogP contribution in [0.15, 0.2) is 84.0 Å². The highest BCUT2D eigenvalue weighted by Crippen LogP contribution is 2.29. The van der Waals surface area contributed by atoms with Crippen LogP contribution in [0, 0.1) is 0 Å². The lowest BCUT2D eigenvalue weighted by Crippen LogP contribution is -2.18. The second-order valence-corrected chi connectivity index (χ2v) is 7.80. The van der Waals surface area contributed by atoms with Crippen LogP contribution in [0.3, 0.4) is 0 Å². The molecule has 36 heavy (non-hydrogen) atoms. The number of methoxy groups -OCH3 is 2. The Morgan fingerprint density at radius 2 is 1.61 bits per heavy atom. The Morgan fingerprint density at radius 1 is 0.861 bits per heavy atom. The number of hydrogen-bond acceptors (Lipinski definition) is 6. The summed E-state index contributed by atoms with van der Waals surface area (Å²) in [5, 5.41) is 15.1. The van der Waals surface area contributed by atoms with Crippen LogP contribution in [0.1, 0.15) is 31.8 Å². The number of nitrogens with one attached hydrogen (secondary N) is 1. The van der Waals surface area contributed by atoms with Gasteiger partial charge in [0.1, 0.15) is 12.4 Å². The van der Waals surface area contributed by atoms with Gasteiger partial charge in [0.15, 0.2) is 11.5 Å². The average Bonchev–Trinajstić information content (AvgIpc) is 2.91. The average molecular weight is 485 g/mol. The summed E-state index contributed by atoms with van der Waals surface area (Å²) in [5.74, 6) is 0.0169. The minimum atomic E-state index is -0.996. The molecule has 4 aromatic rings. The van der Waals surface area contributed by atoms with Crippen molar-refractivity contribution in [3.63, 3.8) is 0 Å². The third-order valence-corrected chi connectivity index (χ3v) is 5.45. The molecule has 4 aromatic carbocycles. The molecule has 0 saturated heterocycles. The number of carbonyl (C=O) groups excluding carboxylic acids is 1. The molecule has 0 aliphatic carbocycles. The van der Waals surface area contributed by atoms with Crippen LogP contribution in [0.2, 0.25) is 0 Å². The van der Waals surface area contributed by atoms with E-state index in [0.29, 0.717) is 28.4 Å². The van der Waals surface area contributed by atoms with E-state index in [2.05, 4.69) is 10.5 Å². The number of hydrazone groups is 1. The maximum Gasteiger partial charge on any atom is 0.335 e. The first-order valence-electron chi connectivity index (χ1n) is 11.0. The fourth-order valence-corrected chi connectivity index (χ4v) is 3.63. The number of fused-ring (bicyclic) bond motifs is 1. The van der Waals surface area contributed by atoms with Crippen molar-refractivity contribution in [3.05, 3.63) is 101 Å². The van der Waals surface area contributed by atoms with E-state index in [1.165, 1.54) is 26.5 Å². The summed E-state index contributed by atoms with van der Waals surface area (Å²) in [6.07, 6.45) is 1.49. The van der Waals surface area contributed by atoms with Crippen LogP contribution in [-0.2, 0) is 6.61 Å². The van der Waals surface area contributed by atoms with Crippen molar-refractivity contribution in [2.24, 2.45) is 5.10 Å². The van der Waals surface area contributed by atoms with E-state index >= 15 is 0 Å². The van der Waals surface area contributed by atoms with E-state index < -0.39 is 11.9 Å². The van der Waals surface area contributed by atoms with Crippen LogP contribution >= 0.6 is 0 Å². The Hall–Kier alpha value is -4.85. The Kier molecular flexibility index (Phi) is 7.45. The Labute approximate surface area is 207 Å². The summed E-state index contributed by atoms with van der Waals surface area (Å²) < 4.78 is 16.6. The molecule has 0 aliphatic heterocycles. The second kappa shape index (κ2) is 11.1. The Morgan fingerprint density at radius 3 is 2.33 bits per heavy atom. The van der Waals surface area contributed by atoms with Gasteiger partial charge >= 0.3 is 5.97 Å². The van der Waals surface area contributed by atoms with Crippen molar-refractivity contribution in [3.8, 4) is 17.2 Å². The van der Waals surface area contributed by atoms with Gasteiger partial charge in [-0.15, -0.1) is 0 Å². The molecule has 0 fully saturated rings. The number of ether oxygens (including phenoxy) is 3. The molecule has 0 atom stereocenters. The minimum absolute atomic E-state index is 0.175. The summed E-state index contributed by atoms with van der Waals surface area (Å²) in [6, 6.07) is 23.0. The van der Waals surface area contributed by atoms with Crippen molar-refractivity contribution in [2.75, 3.05) is 14.2 Å². The summed E-state index contributed by atoms with van der Waals surface area (Å²) >= 11 is 0. The van der Waals surface area contributed by atoms with Crippen LogP contribution in [0.25, 0.3) is 10.8 Å². The largest absolute Gasteiger partial charge is 0.496 e. The van der Waals surface area contributed by atoms with Gasteiger partial charge in [0.05, 0.1) is 31.6 Å². The van der Waals surface area contributed by atoms with Crippen molar-refractivity contribution >= 4 is 28.9 Å². The van der Waals surface area contributed by atoms with Gasteiger partial charge in [-0.25, -0.2) is 10.2 Å². The lowest BCUT2D eigenvalue weighted by atomic mass is 10.1. The lowest BCUT2D eigenvalue weighted by Gasteiger charge is -2.12. The van der Waals surface area contributed by atoms with Gasteiger partial charge in [-0.3, -0.25) is 4.79 Å². The second-order valence-electron chi connectivity index (χ2n) is 7.80. The quantitative estimate of drug-likeness (QED) is 0.259. The predicted octanol–water partition coefficient (Wildman–Crippen LogP) is 4.90. The van der Waals surface area contributed by atoms with E-state index in [1.807, 2.05) is 30.3 Å². The molecule has 0 radical (unpaired) electrons. The maximum atomic E-state index is 12.7. The summed E-state index contributed by atoms with van der Waals surface area (Å²) in [6.45, 7) is 0.175. The predicted molar refractivity (Wildman–Crippen MR) is 136 cm³/mol. The zero-order chi connectivity index (χ0) is 25.5. The summed E-state index contributed by atoms with van der Waals surface area (Å²) in [5.41, 5.74) is 4.50. The Balaban J connectivity index is 1.43. The fourth-order valence-electron chi connectivity index (χ4n) is 3.63. The first-order valence-corrected chi connectivity index (χ1v) is 11.0. The number of benzene rings is 4. The third kappa shape index (κ3) is 5.61. The van der Waals surface area contributed by atoms with E-state index in [0.717, 1.165) is 16.3 Å². The van der Waals surface area contributed by atoms with Crippen molar-refractivity contribution < 1.29 is 28.9 Å². The molecule has 0 saturated carbocycles. The highest BCUT2D eigenvalue weighted by Gasteiger charge is 2.13. The molecular weight excluding hydrogens is 460 g/mol. The van der Waals surface area contributed by atoms with Crippen LogP contribution < -0.4 is 19.6 Å². The van der Waals surface area contributed by atoms with Gasteiger partial charge in [0.2, 0.25) is 0 Å². The summed E-state index contributed by atoms with van der Waals surface area (Å²) in [7, 11) is 3.03. The van der Waals surface area contributed by atoms with Crippen molar-refractivity contribution in [1.29, 1.82) is 0 Å². The SMILES string of the molecule is COc1cc(/C=N\NC(=O)c2cc3ccccc3cc2OC)ccc1OCc1cccc(C(=O)O)c1. The van der Waals surface area contributed by atoms with Gasteiger partial charge in [0.25, 0.3) is 5.91 Å². The highest BCUT2D eigenvalue weighted by atomic mass is 16.5. The maximum absolute atomic E-state index is 12.7. The third-order valence-electron chi connectivity index (χ3n) is 5.45. The summed E-state index contributed by atoms with van der Waals surface area (Å²) in [4.78, 5) is 23.9. The van der Waals surface area contributed by atoms with E-state index in [4.69, 9.17) is 19.3 Å². The van der Waals surface area contributed by atoms with Crippen LogP contribution in [0.5, 0.6) is 17.2 Å². The minimum Gasteiger partial charge on any atom is -0.496 e. The first-order chi connectivity index (χ1) is 17.5. The van der Waals surface area contributed by atoms with Gasteiger partial charge in [-0.2, -0.15) is 5.10 Å². The van der Waals surface area contributed by atoms with Crippen LogP contribution in [0.4, 0.5) is 0 Å². The molecule has 0 aromatic heterocycles. The standard InChI is InChI=1S/C28H24N2O6/c1-34-25-15-21-8-4-3-7-20(21)14-23(25)27(31)30-29-16-18-10-11-24(26(13-18)35-2)36-17-19-6-5-9-22(12-19)28(32)33/h3-16H,17H2,1-2H3,(H,30,31)(H,32,33)/b29-16-. The molecule has 1 amide bonds. The molecular formula is C28H24N2O6. The molecule has 8 nitrogen and oxygen atoms in total. The van der Waals surface area contributed by atoms with E-state index in [9.17, 15) is 9.59 Å². The number of rotatable bonds is 9. The number of carboxylic acids is 1. The molecule has 0 aliphatic rings. The number of hydrogen-bond donors (Lipinski definition) is 2. The number of aromatic carboxylic acids is 1. The fraction of sp³-hybridized carbons (Fsp3) is 0.107. The molecule has 0 heterocycles. The lowest BCUT2D eigenvalue weighted by molar-refractivity contribution is 0.0696. The molecule has 0 spiro atoms. The zero-order valence-electron chi connectivity index (χ0n) is 19.7. The normalized spacial score (nSPS) is 10.8. The number of amides is 1. The highest BCUT2D eigenvalue weighted by molar-refractivity contribution is 6.02. The van der Waals surface area contributed by atoms with E-state index in [-0.39, 0.29) is 12.2 Å². The van der Waals surface area contributed by atoms with Crippen molar-refractivity contribution in [2.45, 2.75) is 6.61 Å². The smallest absolute Gasteiger partial charge is 0.335 e. The molecule has 182 valence electrons. The Bertz CT molecular complexity index is 1450. The zero-order valence-corrected chi connectivity index (χ0v) is 19.7. The molecule has 4 rings (SSSR count). The number of nitrogens with zero attached hydrogens (tertiary/aromatic N) is 1. The van der Waals surface area contributed by atoms with Gasteiger partial charge in [-0.05, 0) is 64.4 Å². The molecule has 2 N–H and O–H groups in total. The molecule has 0 bridgehead atoms. The van der Waals surface area contributed by atoms with E-state index in [1.54, 1.807) is 42.5 Å². The van der Waals surface area contributed by atoms with Crippen molar-refractivity contribution in [1.82, 2.24) is 5.43 Å². The molecule has 8 heteroatoms. The van der Waals surface area contributed by atoms with Crippen LogP contribution in [-0.4, -0.2) is 37.4 Å². The van der Waals surface area contributed by atoms with Gasteiger partial charge in [0, 0.05) is 0 Å². The molecule has 0 unspecified atom stereocenters. The number of carbonyl (C=O) groups is 2. The van der Waals surface area contributed by atoms with Gasteiger partial charge in [-0.1, -0.05) is 36.4 Å². The number of carboxylic acid groups (broad SMARTS) is 1. The van der Waals surface area contributed by atoms with Gasteiger partial charge < -0.3 is 19.3 Å². The first kappa shape index (κ1) is 24.3. The topological polar surface area (TPSA) is 106 Å².